The monoisotopic (exact) mass is 378 g/mol. The molecule has 0 bridgehead atoms. The minimum absolute atomic E-state index is 0.0550. The van der Waals surface area contributed by atoms with Gasteiger partial charge in [0.2, 0.25) is 5.91 Å². The highest BCUT2D eigenvalue weighted by atomic mass is 32.1. The fourth-order valence-electron chi connectivity index (χ4n) is 2.55. The van der Waals surface area contributed by atoms with Crippen LogP contribution in [-0.4, -0.2) is 42.9 Å². The van der Waals surface area contributed by atoms with Gasteiger partial charge in [0.25, 0.3) is 0 Å². The molecule has 1 aliphatic heterocycles. The largest absolute Gasteiger partial charge is 0.334 e. The number of rotatable bonds is 3. The minimum Gasteiger partial charge on any atom is -0.334 e. The number of likely N-dealkylation sites (N-methyl/N-ethyl adjacent to an activating group) is 1. The lowest BCUT2D eigenvalue weighted by atomic mass is 10.1. The van der Waals surface area contributed by atoms with E-state index in [1.54, 1.807) is 18.2 Å². The molecule has 1 amide bonds. The van der Waals surface area contributed by atoms with Crippen molar-refractivity contribution in [3.8, 4) is 12.1 Å². The van der Waals surface area contributed by atoms with Gasteiger partial charge in [0, 0.05) is 24.0 Å². The number of nitriles is 2. The Balaban J connectivity index is 0.000000273. The van der Waals surface area contributed by atoms with Crippen LogP contribution in [0.5, 0.6) is 0 Å². The number of fused-ring (bicyclic) bond motifs is 1. The number of hydrogen-bond donors (Lipinski definition) is 0. The molecule has 1 aromatic carbocycles. The molecule has 2 heterocycles. The fourth-order valence-corrected chi connectivity index (χ4v) is 3.57. The molecule has 1 aliphatic rings. The number of carbonyl (C=O) groups excluding carboxylic acids is 1. The SMILES string of the molecule is CN(C)C/C=C/C(=O)N1CCc2cc(C#N)sc2C1.N#Cc1ccccc1. The molecule has 1 aromatic heterocycles. The van der Waals surface area contributed by atoms with Gasteiger partial charge in [-0.05, 0) is 44.3 Å². The summed E-state index contributed by atoms with van der Waals surface area (Å²) in [6.45, 7) is 2.13. The van der Waals surface area contributed by atoms with Crippen LogP contribution in [0.25, 0.3) is 0 Å². The molecule has 2 aromatic rings. The summed E-state index contributed by atoms with van der Waals surface area (Å²) in [6.07, 6.45) is 4.37. The molecule has 0 fully saturated rings. The van der Waals surface area contributed by atoms with Crippen molar-refractivity contribution in [1.82, 2.24) is 9.80 Å². The standard InChI is InChI=1S/C14H17N3OS.C7H5N/c1-16(2)6-3-4-14(18)17-7-5-11-8-12(9-15)19-13(11)10-17;8-6-7-4-2-1-3-5-7/h3-4,8H,5-7,10H2,1-2H3;1-5H/b4-3+;. The lowest BCUT2D eigenvalue weighted by Crippen LogP contribution is -2.34. The van der Waals surface area contributed by atoms with Crippen LogP contribution in [0.3, 0.4) is 0 Å². The van der Waals surface area contributed by atoms with Gasteiger partial charge in [0.1, 0.15) is 10.9 Å². The lowest BCUT2D eigenvalue weighted by molar-refractivity contribution is -0.126. The van der Waals surface area contributed by atoms with E-state index in [1.165, 1.54) is 16.9 Å². The van der Waals surface area contributed by atoms with E-state index in [-0.39, 0.29) is 5.91 Å². The predicted octanol–water partition coefficient (Wildman–Crippen LogP) is 3.18. The second-order valence-corrected chi connectivity index (χ2v) is 7.46. The normalized spacial score (nSPS) is 12.7. The van der Waals surface area contributed by atoms with Gasteiger partial charge in [0.05, 0.1) is 18.2 Å². The van der Waals surface area contributed by atoms with Crippen LogP contribution in [0, 0.1) is 22.7 Å². The Morgan fingerprint density at radius 2 is 2.00 bits per heavy atom. The van der Waals surface area contributed by atoms with E-state index < -0.39 is 0 Å². The molecule has 5 nitrogen and oxygen atoms in total. The van der Waals surface area contributed by atoms with E-state index in [2.05, 4.69) is 6.07 Å². The second-order valence-electron chi connectivity index (χ2n) is 6.32. The Labute approximate surface area is 164 Å². The fraction of sp³-hybridized carbons (Fsp3) is 0.286. The Hall–Kier alpha value is -2.93. The number of thiophene rings is 1. The first kappa shape index (κ1) is 20.4. The molecule has 0 saturated carbocycles. The zero-order valence-electron chi connectivity index (χ0n) is 15.6. The van der Waals surface area contributed by atoms with Crippen LogP contribution in [0.2, 0.25) is 0 Å². The first-order valence-corrected chi connectivity index (χ1v) is 9.42. The van der Waals surface area contributed by atoms with Crippen LogP contribution in [0.1, 0.15) is 20.9 Å². The van der Waals surface area contributed by atoms with Crippen molar-refractivity contribution in [2.75, 3.05) is 27.2 Å². The number of hydrogen-bond acceptors (Lipinski definition) is 5. The molecule has 0 radical (unpaired) electrons. The maximum atomic E-state index is 12.0. The summed E-state index contributed by atoms with van der Waals surface area (Å²) in [5.41, 5.74) is 1.94. The van der Waals surface area contributed by atoms with Gasteiger partial charge >= 0.3 is 0 Å². The van der Waals surface area contributed by atoms with Gasteiger partial charge < -0.3 is 9.80 Å². The van der Waals surface area contributed by atoms with E-state index in [9.17, 15) is 4.79 Å². The molecule has 6 heteroatoms. The highest BCUT2D eigenvalue weighted by Crippen LogP contribution is 2.27. The Morgan fingerprint density at radius 1 is 1.26 bits per heavy atom. The van der Waals surface area contributed by atoms with Crippen molar-refractivity contribution in [2.45, 2.75) is 13.0 Å². The molecule has 0 atom stereocenters. The van der Waals surface area contributed by atoms with Crippen molar-refractivity contribution >= 4 is 17.2 Å². The third kappa shape index (κ3) is 6.38. The summed E-state index contributed by atoms with van der Waals surface area (Å²) in [5, 5.41) is 17.2. The third-order valence-electron chi connectivity index (χ3n) is 3.94. The number of benzene rings is 1. The molecule has 0 spiro atoms. The van der Waals surface area contributed by atoms with Crippen molar-refractivity contribution in [3.63, 3.8) is 0 Å². The zero-order valence-corrected chi connectivity index (χ0v) is 16.4. The summed E-state index contributed by atoms with van der Waals surface area (Å²) in [6, 6.07) is 15.3. The Bertz CT molecular complexity index is 872. The maximum absolute atomic E-state index is 12.0. The van der Waals surface area contributed by atoms with E-state index in [1.807, 2.05) is 60.3 Å². The maximum Gasteiger partial charge on any atom is 0.246 e. The average Bonchev–Trinajstić information content (AvgIpc) is 3.11. The van der Waals surface area contributed by atoms with Gasteiger partial charge in [-0.1, -0.05) is 24.3 Å². The molecule has 138 valence electrons. The molecule has 0 aliphatic carbocycles. The number of nitrogens with zero attached hydrogens (tertiary/aromatic N) is 4. The topological polar surface area (TPSA) is 71.1 Å². The summed E-state index contributed by atoms with van der Waals surface area (Å²) >= 11 is 1.50. The van der Waals surface area contributed by atoms with Crippen molar-refractivity contribution in [1.29, 1.82) is 10.5 Å². The van der Waals surface area contributed by atoms with Crippen LogP contribution < -0.4 is 0 Å². The van der Waals surface area contributed by atoms with Gasteiger partial charge in [-0.25, -0.2) is 0 Å². The smallest absolute Gasteiger partial charge is 0.246 e. The van der Waals surface area contributed by atoms with E-state index in [0.717, 1.165) is 29.3 Å². The summed E-state index contributed by atoms with van der Waals surface area (Å²) in [4.78, 5) is 17.8. The second kappa shape index (κ2) is 10.3. The highest BCUT2D eigenvalue weighted by Gasteiger charge is 2.21. The predicted molar refractivity (Wildman–Crippen MR) is 107 cm³/mol. The number of amides is 1. The zero-order chi connectivity index (χ0) is 19.6. The lowest BCUT2D eigenvalue weighted by Gasteiger charge is -2.25. The summed E-state index contributed by atoms with van der Waals surface area (Å²) in [7, 11) is 3.94. The Kier molecular flexibility index (Phi) is 7.76. The molecule has 3 rings (SSSR count). The molecule has 0 unspecified atom stereocenters. The summed E-state index contributed by atoms with van der Waals surface area (Å²) in [5.74, 6) is 0.0550. The first-order chi connectivity index (χ1) is 13.0. The first-order valence-electron chi connectivity index (χ1n) is 8.60. The third-order valence-corrected chi connectivity index (χ3v) is 5.00. The Morgan fingerprint density at radius 3 is 2.59 bits per heavy atom. The molecular formula is C21H22N4OS. The molecule has 0 saturated heterocycles. The van der Waals surface area contributed by atoms with Gasteiger partial charge in [0.15, 0.2) is 0 Å². The molecular weight excluding hydrogens is 356 g/mol. The molecule has 27 heavy (non-hydrogen) atoms. The van der Waals surface area contributed by atoms with Crippen molar-refractivity contribution in [2.24, 2.45) is 0 Å². The highest BCUT2D eigenvalue weighted by molar-refractivity contribution is 7.12. The van der Waals surface area contributed by atoms with E-state index in [0.29, 0.717) is 12.1 Å². The van der Waals surface area contributed by atoms with Gasteiger partial charge in [-0.3, -0.25) is 4.79 Å². The average molecular weight is 379 g/mol. The van der Waals surface area contributed by atoms with Crippen molar-refractivity contribution in [3.05, 3.63) is 69.4 Å². The summed E-state index contributed by atoms with van der Waals surface area (Å²) < 4.78 is 0. The quantitative estimate of drug-likeness (QED) is 0.769. The van der Waals surface area contributed by atoms with Gasteiger partial charge in [-0.2, -0.15) is 10.5 Å². The van der Waals surface area contributed by atoms with Gasteiger partial charge in [-0.15, -0.1) is 11.3 Å². The van der Waals surface area contributed by atoms with E-state index in [4.69, 9.17) is 10.5 Å². The molecule has 0 N–H and O–H groups in total. The van der Waals surface area contributed by atoms with Crippen LogP contribution in [-0.2, 0) is 17.8 Å². The number of carbonyl (C=O) groups is 1. The van der Waals surface area contributed by atoms with Crippen molar-refractivity contribution < 1.29 is 4.79 Å². The van der Waals surface area contributed by atoms with Crippen LogP contribution in [0.15, 0.2) is 48.6 Å². The van der Waals surface area contributed by atoms with Crippen LogP contribution >= 0.6 is 11.3 Å². The minimum atomic E-state index is 0.0550. The van der Waals surface area contributed by atoms with E-state index >= 15 is 0 Å². The van der Waals surface area contributed by atoms with Crippen LogP contribution in [0.4, 0.5) is 0 Å².